The number of carbonyl (C=O) groups is 1. The van der Waals surface area contributed by atoms with Gasteiger partial charge < -0.3 is 10.1 Å². The van der Waals surface area contributed by atoms with Gasteiger partial charge in [-0.05, 0) is 29.8 Å². The van der Waals surface area contributed by atoms with Crippen LogP contribution in [0.15, 0.2) is 53.4 Å². The number of thioether (sulfide) groups is 1. The molecule has 23 heavy (non-hydrogen) atoms. The number of rotatable bonds is 4. The van der Waals surface area contributed by atoms with E-state index >= 15 is 0 Å². The average molecular weight is 362 g/mol. The minimum absolute atomic E-state index is 0.176. The molecule has 0 unspecified atom stereocenters. The Morgan fingerprint density at radius 2 is 2.04 bits per heavy atom. The fourth-order valence-corrected chi connectivity index (χ4v) is 3.33. The number of carbonyl (C=O) groups excluding carboxylic acids is 1. The Balaban J connectivity index is 1.80. The van der Waals surface area contributed by atoms with Crippen molar-refractivity contribution < 1.29 is 9.53 Å². The molecule has 2 aromatic carbocycles. The minimum Gasteiger partial charge on any atom is -0.488 e. The van der Waals surface area contributed by atoms with Crippen molar-refractivity contribution in [3.63, 3.8) is 0 Å². The van der Waals surface area contributed by atoms with E-state index in [-0.39, 0.29) is 5.91 Å². The molecule has 0 atom stereocenters. The highest BCUT2D eigenvalue weighted by atomic mass is 35.5. The van der Waals surface area contributed by atoms with E-state index in [0.29, 0.717) is 26.6 Å². The molecule has 2 aromatic rings. The summed E-state index contributed by atoms with van der Waals surface area (Å²) >= 11 is 12.2. The third kappa shape index (κ3) is 4.13. The summed E-state index contributed by atoms with van der Waals surface area (Å²) in [5.41, 5.74) is 1.81. The highest BCUT2D eigenvalue weighted by Crippen LogP contribution is 2.29. The molecule has 0 saturated carbocycles. The van der Waals surface area contributed by atoms with Crippen LogP contribution in [0.5, 0.6) is 5.75 Å². The number of hydrogen-bond donors (Lipinski definition) is 1. The lowest BCUT2D eigenvalue weighted by Gasteiger charge is -2.09. The molecular weight excluding hydrogens is 350 g/mol. The van der Waals surface area contributed by atoms with E-state index in [9.17, 15) is 4.79 Å². The van der Waals surface area contributed by atoms with Crippen molar-refractivity contribution in [2.75, 3.05) is 0 Å². The number of amides is 1. The second kappa shape index (κ2) is 7.17. The van der Waals surface area contributed by atoms with Crippen LogP contribution in [0.3, 0.4) is 0 Å². The molecule has 3 rings (SSSR count). The predicted octanol–water partition coefficient (Wildman–Crippen LogP) is 4.41. The summed E-state index contributed by atoms with van der Waals surface area (Å²) in [6.45, 7) is 0.401. The Morgan fingerprint density at radius 1 is 1.22 bits per heavy atom. The molecule has 1 fully saturated rings. The van der Waals surface area contributed by atoms with Gasteiger partial charge in [-0.1, -0.05) is 65.9 Å². The van der Waals surface area contributed by atoms with Gasteiger partial charge in [-0.15, -0.1) is 0 Å². The van der Waals surface area contributed by atoms with Crippen molar-refractivity contribution in [1.82, 2.24) is 5.32 Å². The van der Waals surface area contributed by atoms with E-state index in [1.807, 2.05) is 48.5 Å². The first-order chi connectivity index (χ1) is 11.1. The van der Waals surface area contributed by atoms with Crippen molar-refractivity contribution >= 4 is 51.9 Å². The second-order valence-corrected chi connectivity index (χ2v) is 6.96. The SMILES string of the molecule is O=C1NC(=S)S/C1=C\c1ccccc1OCc1cccc(Cl)c1. The first kappa shape index (κ1) is 16.1. The van der Waals surface area contributed by atoms with Crippen LogP contribution in [0.4, 0.5) is 0 Å². The van der Waals surface area contributed by atoms with E-state index in [4.69, 9.17) is 28.6 Å². The molecule has 1 aliphatic rings. The zero-order valence-electron chi connectivity index (χ0n) is 11.9. The number of halogens is 1. The number of para-hydroxylation sites is 1. The molecule has 0 spiro atoms. The lowest BCUT2D eigenvalue weighted by molar-refractivity contribution is -0.115. The lowest BCUT2D eigenvalue weighted by atomic mass is 10.2. The summed E-state index contributed by atoms with van der Waals surface area (Å²) in [6, 6.07) is 15.1. The van der Waals surface area contributed by atoms with Crippen LogP contribution in [0.1, 0.15) is 11.1 Å². The summed E-state index contributed by atoms with van der Waals surface area (Å²) in [7, 11) is 0. The Morgan fingerprint density at radius 3 is 2.78 bits per heavy atom. The lowest BCUT2D eigenvalue weighted by Crippen LogP contribution is -2.17. The van der Waals surface area contributed by atoms with Gasteiger partial charge in [0.05, 0.1) is 4.91 Å². The molecule has 1 aliphatic heterocycles. The molecular formula is C17H12ClNO2S2. The molecule has 1 heterocycles. The van der Waals surface area contributed by atoms with E-state index in [0.717, 1.165) is 11.1 Å². The first-order valence-electron chi connectivity index (χ1n) is 6.83. The number of thiocarbonyl (C=S) groups is 1. The molecule has 0 radical (unpaired) electrons. The van der Waals surface area contributed by atoms with Crippen molar-refractivity contribution in [2.24, 2.45) is 0 Å². The van der Waals surface area contributed by atoms with Gasteiger partial charge in [-0.25, -0.2) is 0 Å². The Hall–Kier alpha value is -1.82. The van der Waals surface area contributed by atoms with Crippen LogP contribution in [0, 0.1) is 0 Å². The Bertz CT molecular complexity index is 805. The number of ether oxygens (including phenoxy) is 1. The molecule has 116 valence electrons. The topological polar surface area (TPSA) is 38.3 Å². The van der Waals surface area contributed by atoms with Crippen LogP contribution in [-0.4, -0.2) is 10.2 Å². The van der Waals surface area contributed by atoms with Gasteiger partial charge in [0.15, 0.2) is 0 Å². The third-order valence-electron chi connectivity index (χ3n) is 3.13. The summed E-state index contributed by atoms with van der Waals surface area (Å²) in [5, 5.41) is 3.28. The smallest absolute Gasteiger partial charge is 0.263 e. The number of nitrogens with one attached hydrogen (secondary N) is 1. The monoisotopic (exact) mass is 361 g/mol. The summed E-state index contributed by atoms with van der Waals surface area (Å²) in [4.78, 5) is 12.3. The number of hydrogen-bond acceptors (Lipinski definition) is 4. The largest absolute Gasteiger partial charge is 0.488 e. The van der Waals surface area contributed by atoms with Crippen molar-refractivity contribution in [3.8, 4) is 5.75 Å². The molecule has 1 amide bonds. The number of benzene rings is 2. The molecule has 3 nitrogen and oxygen atoms in total. The fraction of sp³-hybridized carbons (Fsp3) is 0.0588. The van der Waals surface area contributed by atoms with Crippen LogP contribution in [0.25, 0.3) is 6.08 Å². The standard InChI is InChI=1S/C17H12ClNO2S2/c18-13-6-3-4-11(8-13)10-21-14-7-2-1-5-12(14)9-15-16(20)19-17(22)23-15/h1-9H,10H2,(H,19,20,22)/b15-9-. The van der Waals surface area contributed by atoms with Crippen molar-refractivity contribution in [2.45, 2.75) is 6.61 Å². The van der Waals surface area contributed by atoms with Gasteiger partial charge in [0.1, 0.15) is 16.7 Å². The van der Waals surface area contributed by atoms with Gasteiger partial charge >= 0.3 is 0 Å². The molecule has 6 heteroatoms. The van der Waals surface area contributed by atoms with Crippen LogP contribution in [-0.2, 0) is 11.4 Å². The minimum atomic E-state index is -0.176. The third-order valence-corrected chi connectivity index (χ3v) is 4.53. The van der Waals surface area contributed by atoms with Crippen molar-refractivity contribution in [3.05, 3.63) is 69.6 Å². The Labute approximate surface area is 148 Å². The van der Waals surface area contributed by atoms with E-state index in [1.54, 1.807) is 6.08 Å². The maximum Gasteiger partial charge on any atom is 0.263 e. The fourth-order valence-electron chi connectivity index (χ4n) is 2.08. The molecule has 0 aromatic heterocycles. The van der Waals surface area contributed by atoms with E-state index in [1.165, 1.54) is 11.8 Å². The van der Waals surface area contributed by atoms with Gasteiger partial charge in [0, 0.05) is 10.6 Å². The first-order valence-corrected chi connectivity index (χ1v) is 8.43. The summed E-state index contributed by atoms with van der Waals surface area (Å²) in [5.74, 6) is 0.524. The van der Waals surface area contributed by atoms with E-state index in [2.05, 4.69) is 5.32 Å². The molecule has 0 bridgehead atoms. The highest BCUT2D eigenvalue weighted by Gasteiger charge is 2.22. The predicted molar refractivity (Wildman–Crippen MR) is 98.5 cm³/mol. The maximum atomic E-state index is 11.8. The zero-order chi connectivity index (χ0) is 16.2. The quantitative estimate of drug-likeness (QED) is 0.646. The van der Waals surface area contributed by atoms with Gasteiger partial charge in [-0.3, -0.25) is 4.79 Å². The van der Waals surface area contributed by atoms with Crippen LogP contribution >= 0.6 is 35.6 Å². The van der Waals surface area contributed by atoms with Gasteiger partial charge in [-0.2, -0.15) is 0 Å². The van der Waals surface area contributed by atoms with Crippen LogP contribution in [0.2, 0.25) is 5.02 Å². The Kier molecular flexibility index (Phi) is 5.00. The average Bonchev–Trinajstić information content (AvgIpc) is 2.84. The van der Waals surface area contributed by atoms with Gasteiger partial charge in [0.2, 0.25) is 0 Å². The normalized spacial score (nSPS) is 15.8. The maximum absolute atomic E-state index is 11.8. The summed E-state index contributed by atoms with van der Waals surface area (Å²) in [6.07, 6.45) is 1.78. The highest BCUT2D eigenvalue weighted by molar-refractivity contribution is 8.26. The van der Waals surface area contributed by atoms with Crippen molar-refractivity contribution in [1.29, 1.82) is 0 Å². The second-order valence-electron chi connectivity index (χ2n) is 4.81. The zero-order valence-corrected chi connectivity index (χ0v) is 14.3. The summed E-state index contributed by atoms with van der Waals surface area (Å²) < 4.78 is 6.34. The van der Waals surface area contributed by atoms with Crippen LogP contribution < -0.4 is 10.1 Å². The molecule has 1 N–H and O–H groups in total. The molecule has 0 aliphatic carbocycles. The molecule has 1 saturated heterocycles. The van der Waals surface area contributed by atoms with Gasteiger partial charge in [0.25, 0.3) is 5.91 Å². The van der Waals surface area contributed by atoms with E-state index < -0.39 is 0 Å².